The maximum atomic E-state index is 12.2. The first-order valence-corrected chi connectivity index (χ1v) is 10.6. The Morgan fingerprint density at radius 3 is 1.77 bits per heavy atom. The predicted molar refractivity (Wildman–Crippen MR) is 84.9 cm³/mol. The van der Waals surface area contributed by atoms with Crippen LogP contribution in [0.1, 0.15) is 26.3 Å². The van der Waals surface area contributed by atoms with Crippen molar-refractivity contribution < 1.29 is 25.9 Å². The number of aryl methyl sites for hydroxylation is 1. The van der Waals surface area contributed by atoms with Gasteiger partial charge < -0.3 is 13.3 Å². The van der Waals surface area contributed by atoms with Gasteiger partial charge in [0.2, 0.25) is 0 Å². The molecule has 0 amide bonds. The standard InChI is InChI=1S/C14H24O6SSi/c1-5-18-22(19-6-2,20-7-3)12-17-21(15,16)14-10-8-13(4)9-11-14/h8-11H,5-7,12H2,1-4H3. The zero-order valence-electron chi connectivity index (χ0n) is 13.5. The molecule has 0 saturated heterocycles. The van der Waals surface area contributed by atoms with Gasteiger partial charge >= 0.3 is 8.80 Å². The molecule has 0 heterocycles. The van der Waals surface area contributed by atoms with Gasteiger partial charge in [0.25, 0.3) is 10.1 Å². The van der Waals surface area contributed by atoms with Crippen molar-refractivity contribution >= 4 is 18.9 Å². The minimum Gasteiger partial charge on any atom is -0.372 e. The second kappa shape index (κ2) is 8.75. The van der Waals surface area contributed by atoms with Gasteiger partial charge in [-0.2, -0.15) is 8.42 Å². The van der Waals surface area contributed by atoms with Crippen molar-refractivity contribution in [1.82, 2.24) is 0 Å². The molecule has 0 aliphatic rings. The molecule has 22 heavy (non-hydrogen) atoms. The molecule has 0 aliphatic heterocycles. The van der Waals surface area contributed by atoms with E-state index in [0.717, 1.165) is 5.56 Å². The van der Waals surface area contributed by atoms with Crippen LogP contribution in [-0.4, -0.2) is 43.3 Å². The highest BCUT2D eigenvalue weighted by Gasteiger charge is 2.43. The summed E-state index contributed by atoms with van der Waals surface area (Å²) in [4.78, 5) is 0.102. The lowest BCUT2D eigenvalue weighted by atomic mass is 10.2. The van der Waals surface area contributed by atoms with E-state index in [-0.39, 0.29) is 11.1 Å². The molecule has 1 aromatic carbocycles. The molecule has 0 N–H and O–H groups in total. The van der Waals surface area contributed by atoms with Crippen LogP contribution in [0.2, 0.25) is 0 Å². The zero-order chi connectivity index (χ0) is 16.6. The highest BCUT2D eigenvalue weighted by Crippen LogP contribution is 2.17. The third-order valence-corrected chi connectivity index (χ3v) is 6.96. The topological polar surface area (TPSA) is 71.1 Å². The van der Waals surface area contributed by atoms with Gasteiger partial charge in [0.15, 0.2) is 0 Å². The van der Waals surface area contributed by atoms with E-state index in [9.17, 15) is 8.42 Å². The Morgan fingerprint density at radius 2 is 1.36 bits per heavy atom. The van der Waals surface area contributed by atoms with Crippen molar-refractivity contribution in [2.24, 2.45) is 0 Å². The highest BCUT2D eigenvalue weighted by atomic mass is 32.2. The third-order valence-electron chi connectivity index (χ3n) is 2.79. The molecule has 0 aliphatic carbocycles. The fourth-order valence-corrected chi connectivity index (χ4v) is 5.46. The Hall–Kier alpha value is -0.773. The van der Waals surface area contributed by atoms with Gasteiger partial charge in [0.05, 0.1) is 4.90 Å². The second-order valence-corrected chi connectivity index (χ2v) is 8.65. The lowest BCUT2D eigenvalue weighted by Crippen LogP contribution is -2.51. The summed E-state index contributed by atoms with van der Waals surface area (Å²) in [6.07, 6.45) is -0.237. The Kier molecular flexibility index (Phi) is 7.67. The molecule has 8 heteroatoms. The Labute approximate surface area is 133 Å². The van der Waals surface area contributed by atoms with Gasteiger partial charge in [0.1, 0.15) is 6.23 Å². The minimum atomic E-state index is -3.87. The molecule has 0 atom stereocenters. The van der Waals surface area contributed by atoms with Crippen molar-refractivity contribution in [1.29, 1.82) is 0 Å². The largest absolute Gasteiger partial charge is 0.529 e. The summed E-state index contributed by atoms with van der Waals surface area (Å²) in [5.41, 5.74) is 0.973. The zero-order valence-corrected chi connectivity index (χ0v) is 15.3. The Balaban J connectivity index is 2.88. The number of hydrogen-bond acceptors (Lipinski definition) is 6. The van der Waals surface area contributed by atoms with Crippen molar-refractivity contribution in [2.45, 2.75) is 32.6 Å². The molecule has 6 nitrogen and oxygen atoms in total. The third kappa shape index (κ3) is 5.45. The second-order valence-electron chi connectivity index (χ2n) is 4.51. The van der Waals surface area contributed by atoms with E-state index >= 15 is 0 Å². The molecule has 126 valence electrons. The summed E-state index contributed by atoms with van der Waals surface area (Å²) < 4.78 is 46.3. The maximum absolute atomic E-state index is 12.2. The summed E-state index contributed by atoms with van der Waals surface area (Å²) in [6, 6.07) is 6.45. The fourth-order valence-electron chi connectivity index (χ4n) is 1.83. The van der Waals surface area contributed by atoms with E-state index in [1.54, 1.807) is 32.9 Å². The van der Waals surface area contributed by atoms with Crippen LogP contribution in [0.15, 0.2) is 29.2 Å². The monoisotopic (exact) mass is 348 g/mol. The summed E-state index contributed by atoms with van der Waals surface area (Å²) in [5, 5.41) is 0. The maximum Gasteiger partial charge on any atom is 0.529 e. The summed E-state index contributed by atoms with van der Waals surface area (Å²) in [5.74, 6) is 0. The Morgan fingerprint density at radius 1 is 0.909 bits per heavy atom. The molecule has 0 radical (unpaired) electrons. The molecule has 0 bridgehead atoms. The molecule has 0 aromatic heterocycles. The quantitative estimate of drug-likeness (QED) is 0.477. The first kappa shape index (κ1) is 19.3. The molecule has 1 rings (SSSR count). The normalized spacial score (nSPS) is 12.5. The molecular weight excluding hydrogens is 324 g/mol. The molecule has 0 saturated carbocycles. The van der Waals surface area contributed by atoms with Crippen molar-refractivity contribution in [3.05, 3.63) is 29.8 Å². The highest BCUT2D eigenvalue weighted by molar-refractivity contribution is 7.86. The molecule has 0 unspecified atom stereocenters. The SMILES string of the molecule is CCO[Si](COS(=O)(=O)c1ccc(C)cc1)(OCC)OCC. The van der Waals surface area contributed by atoms with Crippen molar-refractivity contribution in [2.75, 3.05) is 26.1 Å². The van der Waals surface area contributed by atoms with Gasteiger partial charge in [-0.15, -0.1) is 0 Å². The van der Waals surface area contributed by atoms with Crippen LogP contribution in [-0.2, 0) is 27.6 Å². The number of hydrogen-bond donors (Lipinski definition) is 0. The van der Waals surface area contributed by atoms with Gasteiger partial charge in [-0.25, -0.2) is 0 Å². The molecule has 0 spiro atoms. The lowest BCUT2D eigenvalue weighted by Gasteiger charge is -2.27. The first-order chi connectivity index (χ1) is 10.4. The van der Waals surface area contributed by atoms with Crippen LogP contribution >= 0.6 is 0 Å². The average molecular weight is 348 g/mol. The van der Waals surface area contributed by atoms with Crippen LogP contribution in [0, 0.1) is 6.92 Å². The van der Waals surface area contributed by atoms with E-state index in [1.165, 1.54) is 12.1 Å². The molecule has 1 aromatic rings. The van der Waals surface area contributed by atoms with Crippen LogP contribution < -0.4 is 0 Å². The fraction of sp³-hybridized carbons (Fsp3) is 0.571. The smallest absolute Gasteiger partial charge is 0.372 e. The van der Waals surface area contributed by atoms with Gasteiger partial charge in [0, 0.05) is 19.8 Å². The van der Waals surface area contributed by atoms with E-state index in [1.807, 2.05) is 6.92 Å². The Bertz CT molecular complexity index is 526. The van der Waals surface area contributed by atoms with Gasteiger partial charge in [-0.05, 0) is 39.8 Å². The molecule has 0 fully saturated rings. The van der Waals surface area contributed by atoms with Crippen LogP contribution in [0.3, 0.4) is 0 Å². The predicted octanol–water partition coefficient (Wildman–Crippen LogP) is 2.29. The van der Waals surface area contributed by atoms with Gasteiger partial charge in [-0.1, -0.05) is 17.7 Å². The average Bonchev–Trinajstić information content (AvgIpc) is 2.47. The van der Waals surface area contributed by atoms with E-state index in [4.69, 9.17) is 17.5 Å². The minimum absolute atomic E-state index is 0.102. The van der Waals surface area contributed by atoms with Crippen LogP contribution in [0.4, 0.5) is 0 Å². The summed E-state index contributed by atoms with van der Waals surface area (Å²) >= 11 is 0. The van der Waals surface area contributed by atoms with Crippen LogP contribution in [0.5, 0.6) is 0 Å². The van der Waals surface area contributed by atoms with Crippen molar-refractivity contribution in [3.63, 3.8) is 0 Å². The number of benzene rings is 1. The van der Waals surface area contributed by atoms with E-state index < -0.39 is 18.9 Å². The van der Waals surface area contributed by atoms with E-state index in [0.29, 0.717) is 19.8 Å². The van der Waals surface area contributed by atoms with Crippen LogP contribution in [0.25, 0.3) is 0 Å². The molecular formula is C14H24O6SSi. The first-order valence-electron chi connectivity index (χ1n) is 7.27. The van der Waals surface area contributed by atoms with Crippen molar-refractivity contribution in [3.8, 4) is 0 Å². The van der Waals surface area contributed by atoms with E-state index in [2.05, 4.69) is 0 Å². The number of rotatable bonds is 10. The summed E-state index contributed by atoms with van der Waals surface area (Å²) in [6.45, 7) is 8.37. The summed E-state index contributed by atoms with van der Waals surface area (Å²) in [7, 11) is -7.02. The van der Waals surface area contributed by atoms with Gasteiger partial charge in [-0.3, -0.25) is 4.18 Å². The lowest BCUT2D eigenvalue weighted by molar-refractivity contribution is 0.0548.